The molecule has 266 valence electrons. The number of aldehydes is 2. The maximum absolute atomic E-state index is 14.8. The summed E-state index contributed by atoms with van der Waals surface area (Å²) in [4.78, 5) is 56.3. The van der Waals surface area contributed by atoms with Gasteiger partial charge in [-0.1, -0.05) is 31.6 Å². The van der Waals surface area contributed by atoms with Crippen molar-refractivity contribution >= 4 is 36.3 Å². The van der Waals surface area contributed by atoms with Crippen molar-refractivity contribution in [2.24, 2.45) is 17.8 Å². The van der Waals surface area contributed by atoms with E-state index in [9.17, 15) is 28.7 Å². The van der Waals surface area contributed by atoms with E-state index in [1.54, 1.807) is 23.0 Å². The topological polar surface area (TPSA) is 120 Å². The van der Waals surface area contributed by atoms with Crippen LogP contribution < -0.4 is 4.90 Å². The van der Waals surface area contributed by atoms with Gasteiger partial charge in [-0.25, -0.2) is 9.18 Å². The van der Waals surface area contributed by atoms with E-state index in [-0.39, 0.29) is 30.7 Å². The smallest absolute Gasteiger partial charge is 0.410 e. The van der Waals surface area contributed by atoms with Gasteiger partial charge in [-0.2, -0.15) is 0 Å². The second kappa shape index (κ2) is 19.4. The third kappa shape index (κ3) is 11.8. The molecule has 0 aromatic heterocycles. The van der Waals surface area contributed by atoms with E-state index >= 15 is 0 Å². The fourth-order valence-electron chi connectivity index (χ4n) is 6.01. The zero-order chi connectivity index (χ0) is 35.2. The molecule has 2 aliphatic heterocycles. The van der Waals surface area contributed by atoms with Crippen LogP contribution in [0.2, 0.25) is 0 Å². The zero-order valence-electron chi connectivity index (χ0n) is 29.1. The van der Waals surface area contributed by atoms with Crippen LogP contribution in [0.1, 0.15) is 45.6 Å². The molecule has 0 saturated carbocycles. The summed E-state index contributed by atoms with van der Waals surface area (Å²) in [6.45, 7) is 10.5. The summed E-state index contributed by atoms with van der Waals surface area (Å²) in [5.74, 6) is -1.44. The number of hydrogen-bond donors (Lipinski definition) is 1. The van der Waals surface area contributed by atoms with Gasteiger partial charge in [0.15, 0.2) is 0 Å². The molecule has 0 aliphatic carbocycles. The summed E-state index contributed by atoms with van der Waals surface area (Å²) < 4.78 is 25.8. The van der Waals surface area contributed by atoms with E-state index in [4.69, 9.17) is 9.47 Å². The third-order valence-corrected chi connectivity index (χ3v) is 9.27. The molecule has 0 radical (unpaired) electrons. The number of nitrogens with zero attached hydrogens (tertiary/aromatic N) is 4. The Morgan fingerprint density at radius 1 is 1.04 bits per heavy atom. The quantitative estimate of drug-likeness (QED) is 0.195. The van der Waals surface area contributed by atoms with Crippen LogP contribution in [0, 0.1) is 23.6 Å². The number of anilines is 1. The maximum atomic E-state index is 14.8. The number of benzene rings is 1. The molecule has 12 heteroatoms. The second-order valence-corrected chi connectivity index (χ2v) is 13.1. The van der Waals surface area contributed by atoms with Crippen molar-refractivity contribution in [3.8, 4) is 0 Å². The first kappa shape index (κ1) is 38.8. The fourth-order valence-corrected chi connectivity index (χ4v) is 6.01. The van der Waals surface area contributed by atoms with Gasteiger partial charge in [0, 0.05) is 70.9 Å². The third-order valence-electron chi connectivity index (χ3n) is 9.27. The highest BCUT2D eigenvalue weighted by Crippen LogP contribution is 2.27. The highest BCUT2D eigenvalue weighted by Gasteiger charge is 2.27. The number of halogens is 1. The number of amides is 2. The molecule has 2 heterocycles. The lowest BCUT2D eigenvalue weighted by Crippen LogP contribution is -2.51. The lowest BCUT2D eigenvalue weighted by molar-refractivity contribution is -0.131. The number of aliphatic hydroxyl groups excluding tert-OH is 1. The minimum absolute atomic E-state index is 0.0450. The van der Waals surface area contributed by atoms with Gasteiger partial charge in [0.25, 0.3) is 0 Å². The number of allylic oxidation sites excluding steroid dienone is 2. The van der Waals surface area contributed by atoms with Gasteiger partial charge in [0.2, 0.25) is 5.91 Å². The van der Waals surface area contributed by atoms with E-state index in [2.05, 4.69) is 4.90 Å². The Bertz CT molecular complexity index is 1280. The summed E-state index contributed by atoms with van der Waals surface area (Å²) in [5, 5.41) is 10.1. The summed E-state index contributed by atoms with van der Waals surface area (Å²) in [6, 6.07) is 4.64. The van der Waals surface area contributed by atoms with E-state index in [1.807, 2.05) is 50.9 Å². The summed E-state index contributed by atoms with van der Waals surface area (Å²) in [7, 11) is 3.60. The molecule has 5 atom stereocenters. The zero-order valence-corrected chi connectivity index (χ0v) is 29.1. The average Bonchev–Trinajstić information content (AvgIpc) is 3.05. The van der Waals surface area contributed by atoms with Crippen molar-refractivity contribution in [3.05, 3.63) is 47.3 Å². The predicted molar refractivity (Wildman–Crippen MR) is 183 cm³/mol. The molecule has 1 aromatic carbocycles. The standard InChI is InChI=1S/C36H53FN4O7/c1-26(7-9-34(27(2)6-8-32(44)10-18-42)48-36(46)40-13-11-38(4)12-14-40)33(25-43)28(3)20-29-21-30(37)23-31(22-29)41-16-15-39(17-19-47-5)35(45)24-41/h7,9,18,20-23,25-27,32-34,44H,6,8,10-17,19,24H2,1-5H3/b9-7+,28-20+/t26-,27+,32-,33-,34-/m0/s1. The van der Waals surface area contributed by atoms with Crippen molar-refractivity contribution in [1.29, 1.82) is 0 Å². The highest BCUT2D eigenvalue weighted by atomic mass is 19.1. The van der Waals surface area contributed by atoms with Crippen molar-refractivity contribution in [2.45, 2.75) is 52.2 Å². The van der Waals surface area contributed by atoms with Crippen molar-refractivity contribution in [2.75, 3.05) is 78.0 Å². The van der Waals surface area contributed by atoms with E-state index < -0.39 is 30.0 Å². The van der Waals surface area contributed by atoms with E-state index in [1.165, 1.54) is 12.1 Å². The maximum Gasteiger partial charge on any atom is 0.410 e. The average molecular weight is 673 g/mol. The normalized spacial score (nSPS) is 19.6. The molecule has 0 unspecified atom stereocenters. The van der Waals surface area contributed by atoms with Gasteiger partial charge >= 0.3 is 6.09 Å². The van der Waals surface area contributed by atoms with Gasteiger partial charge in [0.1, 0.15) is 24.5 Å². The summed E-state index contributed by atoms with van der Waals surface area (Å²) in [6.07, 6.45) is 6.20. The van der Waals surface area contributed by atoms with Crippen LogP contribution in [0.25, 0.3) is 6.08 Å². The fraction of sp³-hybridized carbons (Fsp3) is 0.611. The van der Waals surface area contributed by atoms with Crippen molar-refractivity contribution in [1.82, 2.24) is 14.7 Å². The number of rotatable bonds is 17. The first-order chi connectivity index (χ1) is 22.9. The molecule has 11 nitrogen and oxygen atoms in total. The number of carbonyl (C=O) groups excluding carboxylic acids is 4. The molecule has 2 aliphatic rings. The second-order valence-electron chi connectivity index (χ2n) is 13.1. The Morgan fingerprint density at radius 3 is 2.42 bits per heavy atom. The van der Waals surface area contributed by atoms with Gasteiger partial charge in [-0.3, -0.25) is 4.79 Å². The first-order valence-electron chi connectivity index (χ1n) is 16.9. The molecular formula is C36H53FN4O7. The molecule has 3 rings (SSSR count). The molecule has 2 amide bonds. The molecule has 0 spiro atoms. The molecular weight excluding hydrogens is 619 g/mol. The van der Waals surface area contributed by atoms with Gasteiger partial charge in [-0.15, -0.1) is 0 Å². The number of likely N-dealkylation sites (N-methyl/N-ethyl adjacent to an activating group) is 1. The van der Waals surface area contributed by atoms with Crippen LogP contribution in [-0.4, -0.2) is 130 Å². The molecule has 2 fully saturated rings. The van der Waals surface area contributed by atoms with E-state index in [0.29, 0.717) is 69.7 Å². The Balaban J connectivity index is 1.74. The lowest BCUT2D eigenvalue weighted by Gasteiger charge is -2.35. The summed E-state index contributed by atoms with van der Waals surface area (Å²) in [5.41, 5.74) is 1.91. The van der Waals surface area contributed by atoms with Gasteiger partial charge < -0.3 is 43.8 Å². The number of aliphatic hydroxyl groups is 1. The van der Waals surface area contributed by atoms with Crippen LogP contribution in [0.15, 0.2) is 35.9 Å². The Morgan fingerprint density at radius 2 is 1.77 bits per heavy atom. The monoisotopic (exact) mass is 672 g/mol. The molecule has 1 N–H and O–H groups in total. The Hall–Kier alpha value is -3.61. The predicted octanol–water partition coefficient (Wildman–Crippen LogP) is 3.65. The Kier molecular flexibility index (Phi) is 15.7. The van der Waals surface area contributed by atoms with Crippen molar-refractivity contribution < 1.29 is 38.1 Å². The molecule has 0 bridgehead atoms. The number of methoxy groups -OCH3 is 1. The molecule has 2 saturated heterocycles. The first-order valence-corrected chi connectivity index (χ1v) is 16.9. The van der Waals surface area contributed by atoms with Crippen LogP contribution in [0.4, 0.5) is 14.9 Å². The van der Waals surface area contributed by atoms with Gasteiger partial charge in [0.05, 0.1) is 19.3 Å². The number of ether oxygens (including phenoxy) is 2. The van der Waals surface area contributed by atoms with Crippen molar-refractivity contribution in [3.63, 3.8) is 0 Å². The Labute approximate surface area is 284 Å². The number of hydrogen-bond acceptors (Lipinski definition) is 9. The molecule has 48 heavy (non-hydrogen) atoms. The van der Waals surface area contributed by atoms with Crippen LogP contribution in [-0.2, 0) is 23.9 Å². The highest BCUT2D eigenvalue weighted by molar-refractivity contribution is 5.83. The summed E-state index contributed by atoms with van der Waals surface area (Å²) >= 11 is 0. The number of carbonyl (C=O) groups is 4. The van der Waals surface area contributed by atoms with Crippen LogP contribution in [0.3, 0.4) is 0 Å². The van der Waals surface area contributed by atoms with Crippen LogP contribution >= 0.6 is 0 Å². The minimum atomic E-state index is -0.761. The lowest BCUT2D eigenvalue weighted by atomic mass is 9.86. The minimum Gasteiger partial charge on any atom is -0.442 e. The van der Waals surface area contributed by atoms with Gasteiger partial charge in [-0.05, 0) is 68.5 Å². The number of piperazine rings is 2. The SMILES string of the molecule is COCCN1CCN(c2cc(F)cc(/C=C(\C)[C@@H](C=O)[C@@H](C)/C=C/[C@H](OC(=O)N3CCN(C)CC3)[C@H](C)CC[C@H](O)CC=O)c2)CC1=O. The molecule has 1 aromatic rings. The van der Waals surface area contributed by atoms with E-state index in [0.717, 1.165) is 24.9 Å². The largest absolute Gasteiger partial charge is 0.442 e. The van der Waals surface area contributed by atoms with Crippen LogP contribution in [0.5, 0.6) is 0 Å².